The van der Waals surface area contributed by atoms with Gasteiger partial charge >= 0.3 is 0 Å². The fourth-order valence-corrected chi connectivity index (χ4v) is 2.46. The SMILES string of the molecule is COCCOc1ccc(Br)cc1C(=O)Nc1cc(C)ccc1C. The minimum absolute atomic E-state index is 0.201. The summed E-state index contributed by atoms with van der Waals surface area (Å²) in [6.45, 7) is 4.81. The van der Waals surface area contributed by atoms with Crippen LogP contribution in [-0.4, -0.2) is 26.2 Å². The van der Waals surface area contributed by atoms with Crippen molar-refractivity contribution < 1.29 is 14.3 Å². The summed E-state index contributed by atoms with van der Waals surface area (Å²) in [5.74, 6) is 0.334. The molecular weight excluding hydrogens is 358 g/mol. The van der Waals surface area contributed by atoms with Gasteiger partial charge in [-0.05, 0) is 49.2 Å². The molecule has 122 valence electrons. The number of hydrogen-bond acceptors (Lipinski definition) is 3. The van der Waals surface area contributed by atoms with Crippen molar-refractivity contribution >= 4 is 27.5 Å². The van der Waals surface area contributed by atoms with Crippen molar-refractivity contribution in [3.05, 3.63) is 57.6 Å². The third-order valence-corrected chi connectivity index (χ3v) is 3.87. The first kappa shape index (κ1) is 17.5. The molecule has 23 heavy (non-hydrogen) atoms. The monoisotopic (exact) mass is 377 g/mol. The first-order valence-corrected chi connectivity index (χ1v) is 8.10. The molecule has 5 heteroatoms. The quantitative estimate of drug-likeness (QED) is 0.761. The molecule has 2 rings (SSSR count). The van der Waals surface area contributed by atoms with E-state index in [2.05, 4.69) is 21.2 Å². The highest BCUT2D eigenvalue weighted by Crippen LogP contribution is 2.25. The maximum absolute atomic E-state index is 12.6. The molecule has 0 aliphatic heterocycles. The number of carbonyl (C=O) groups excluding carboxylic acids is 1. The molecule has 0 saturated heterocycles. The number of carbonyl (C=O) groups is 1. The van der Waals surface area contributed by atoms with Gasteiger partial charge in [0.1, 0.15) is 12.4 Å². The fraction of sp³-hybridized carbons (Fsp3) is 0.278. The molecule has 0 fully saturated rings. The van der Waals surface area contributed by atoms with Gasteiger partial charge in [0.25, 0.3) is 5.91 Å². The molecule has 2 aromatic carbocycles. The van der Waals surface area contributed by atoms with Gasteiger partial charge in [0.15, 0.2) is 0 Å². The number of amides is 1. The van der Waals surface area contributed by atoms with Gasteiger partial charge < -0.3 is 14.8 Å². The van der Waals surface area contributed by atoms with Gasteiger partial charge in [-0.3, -0.25) is 4.79 Å². The lowest BCUT2D eigenvalue weighted by Crippen LogP contribution is -2.15. The predicted octanol–water partition coefficient (Wildman–Crippen LogP) is 4.34. The number of ether oxygens (including phenoxy) is 2. The summed E-state index contributed by atoms with van der Waals surface area (Å²) in [5, 5.41) is 2.95. The van der Waals surface area contributed by atoms with Crippen LogP contribution in [0.25, 0.3) is 0 Å². The standard InChI is InChI=1S/C18H20BrNO3/c1-12-4-5-13(2)16(10-12)20-18(21)15-11-14(19)6-7-17(15)23-9-8-22-3/h4-7,10-11H,8-9H2,1-3H3,(H,20,21). The average molecular weight is 378 g/mol. The summed E-state index contributed by atoms with van der Waals surface area (Å²) in [4.78, 5) is 12.6. The number of halogens is 1. The summed E-state index contributed by atoms with van der Waals surface area (Å²) in [5.41, 5.74) is 3.40. The maximum atomic E-state index is 12.6. The second-order valence-electron chi connectivity index (χ2n) is 5.25. The van der Waals surface area contributed by atoms with Gasteiger partial charge in [-0.1, -0.05) is 28.1 Å². The Balaban J connectivity index is 2.23. The predicted molar refractivity (Wildman–Crippen MR) is 95.4 cm³/mol. The van der Waals surface area contributed by atoms with Crippen molar-refractivity contribution in [2.75, 3.05) is 25.6 Å². The number of hydrogen-bond donors (Lipinski definition) is 1. The molecule has 0 aliphatic carbocycles. The van der Waals surface area contributed by atoms with E-state index in [4.69, 9.17) is 9.47 Å². The third kappa shape index (κ3) is 4.81. The Bertz CT molecular complexity index is 701. The summed E-state index contributed by atoms with van der Waals surface area (Å²) in [6, 6.07) is 11.3. The lowest BCUT2D eigenvalue weighted by Gasteiger charge is -2.13. The van der Waals surface area contributed by atoms with Crippen molar-refractivity contribution in [2.24, 2.45) is 0 Å². The van der Waals surface area contributed by atoms with Gasteiger partial charge in [0.05, 0.1) is 12.2 Å². The van der Waals surface area contributed by atoms with E-state index in [9.17, 15) is 4.79 Å². The molecule has 0 unspecified atom stereocenters. The molecule has 0 spiro atoms. The molecular formula is C18H20BrNO3. The van der Waals surface area contributed by atoms with Crippen LogP contribution >= 0.6 is 15.9 Å². The minimum Gasteiger partial charge on any atom is -0.490 e. The lowest BCUT2D eigenvalue weighted by atomic mass is 10.1. The number of benzene rings is 2. The normalized spacial score (nSPS) is 10.4. The van der Waals surface area contributed by atoms with Crippen LogP contribution in [0, 0.1) is 13.8 Å². The van der Waals surface area contributed by atoms with E-state index in [-0.39, 0.29) is 5.91 Å². The van der Waals surface area contributed by atoms with Gasteiger partial charge in [-0.25, -0.2) is 0 Å². The maximum Gasteiger partial charge on any atom is 0.259 e. The van der Waals surface area contributed by atoms with E-state index in [0.717, 1.165) is 21.3 Å². The third-order valence-electron chi connectivity index (χ3n) is 3.37. The number of methoxy groups -OCH3 is 1. The second-order valence-corrected chi connectivity index (χ2v) is 6.17. The fourth-order valence-electron chi connectivity index (χ4n) is 2.10. The van der Waals surface area contributed by atoms with Crippen LogP contribution in [0.15, 0.2) is 40.9 Å². The molecule has 1 N–H and O–H groups in total. The van der Waals surface area contributed by atoms with Crippen molar-refractivity contribution in [2.45, 2.75) is 13.8 Å². The molecule has 0 aromatic heterocycles. The molecule has 0 heterocycles. The Morgan fingerprint density at radius 2 is 1.91 bits per heavy atom. The smallest absolute Gasteiger partial charge is 0.259 e. The Labute approximate surface area is 144 Å². The van der Waals surface area contributed by atoms with Crippen molar-refractivity contribution in [3.63, 3.8) is 0 Å². The first-order valence-electron chi connectivity index (χ1n) is 7.31. The Morgan fingerprint density at radius 1 is 1.13 bits per heavy atom. The van der Waals surface area contributed by atoms with Crippen LogP contribution in [0.2, 0.25) is 0 Å². The molecule has 0 aliphatic rings. The van der Waals surface area contributed by atoms with Crippen LogP contribution in [0.3, 0.4) is 0 Å². The van der Waals surface area contributed by atoms with E-state index in [1.807, 2.05) is 38.1 Å². The van der Waals surface area contributed by atoms with Crippen LogP contribution in [-0.2, 0) is 4.74 Å². The van der Waals surface area contributed by atoms with E-state index in [0.29, 0.717) is 24.5 Å². The highest BCUT2D eigenvalue weighted by Gasteiger charge is 2.14. The molecule has 1 amide bonds. The van der Waals surface area contributed by atoms with E-state index >= 15 is 0 Å². The van der Waals surface area contributed by atoms with E-state index in [1.54, 1.807) is 19.2 Å². The van der Waals surface area contributed by atoms with Crippen LogP contribution < -0.4 is 10.1 Å². The summed E-state index contributed by atoms with van der Waals surface area (Å²) in [6.07, 6.45) is 0. The molecule has 0 atom stereocenters. The van der Waals surface area contributed by atoms with Gasteiger partial charge in [0, 0.05) is 17.3 Å². The molecule has 0 saturated carbocycles. The van der Waals surface area contributed by atoms with Crippen molar-refractivity contribution in [3.8, 4) is 5.75 Å². The Kier molecular flexibility index (Phi) is 6.19. The Morgan fingerprint density at radius 3 is 2.65 bits per heavy atom. The zero-order valence-corrected chi connectivity index (χ0v) is 15.1. The summed E-state index contributed by atoms with van der Waals surface area (Å²) >= 11 is 3.40. The second kappa shape index (κ2) is 8.13. The van der Waals surface area contributed by atoms with Crippen molar-refractivity contribution in [1.82, 2.24) is 0 Å². The topological polar surface area (TPSA) is 47.6 Å². The van der Waals surface area contributed by atoms with Gasteiger partial charge in [0.2, 0.25) is 0 Å². The van der Waals surface area contributed by atoms with Crippen LogP contribution in [0.5, 0.6) is 5.75 Å². The molecule has 2 aromatic rings. The number of nitrogens with one attached hydrogen (secondary N) is 1. The highest BCUT2D eigenvalue weighted by molar-refractivity contribution is 9.10. The highest BCUT2D eigenvalue weighted by atomic mass is 79.9. The first-order chi connectivity index (χ1) is 11.0. The zero-order chi connectivity index (χ0) is 16.8. The lowest BCUT2D eigenvalue weighted by molar-refractivity contribution is 0.101. The Hall–Kier alpha value is -1.85. The van der Waals surface area contributed by atoms with Gasteiger partial charge in [-0.15, -0.1) is 0 Å². The van der Waals surface area contributed by atoms with Crippen LogP contribution in [0.1, 0.15) is 21.5 Å². The number of rotatable bonds is 6. The largest absolute Gasteiger partial charge is 0.490 e. The van der Waals surface area contributed by atoms with Crippen LogP contribution in [0.4, 0.5) is 5.69 Å². The van der Waals surface area contributed by atoms with E-state index < -0.39 is 0 Å². The van der Waals surface area contributed by atoms with E-state index in [1.165, 1.54) is 0 Å². The number of aryl methyl sites for hydroxylation is 2. The minimum atomic E-state index is -0.201. The van der Waals surface area contributed by atoms with Gasteiger partial charge in [-0.2, -0.15) is 0 Å². The molecule has 0 bridgehead atoms. The molecule has 4 nitrogen and oxygen atoms in total. The van der Waals surface area contributed by atoms with Crippen molar-refractivity contribution in [1.29, 1.82) is 0 Å². The number of anilines is 1. The molecule has 0 radical (unpaired) electrons. The zero-order valence-electron chi connectivity index (χ0n) is 13.5. The summed E-state index contributed by atoms with van der Waals surface area (Å²) < 4.78 is 11.4. The summed E-state index contributed by atoms with van der Waals surface area (Å²) in [7, 11) is 1.61. The average Bonchev–Trinajstić information content (AvgIpc) is 2.52.